The van der Waals surface area contributed by atoms with Gasteiger partial charge in [0.1, 0.15) is 28.8 Å². The summed E-state index contributed by atoms with van der Waals surface area (Å²) in [6, 6.07) is 4.39. The summed E-state index contributed by atoms with van der Waals surface area (Å²) in [6.07, 6.45) is 6.19. The van der Waals surface area contributed by atoms with Crippen LogP contribution in [-0.2, 0) is 18.9 Å². The molecule has 0 radical (unpaired) electrons. The van der Waals surface area contributed by atoms with E-state index in [1.807, 2.05) is 0 Å². The van der Waals surface area contributed by atoms with Gasteiger partial charge in [-0.15, -0.1) is 0 Å². The van der Waals surface area contributed by atoms with E-state index in [1.54, 1.807) is 12.0 Å². The van der Waals surface area contributed by atoms with Crippen LogP contribution in [0.25, 0.3) is 0 Å². The highest BCUT2D eigenvalue weighted by molar-refractivity contribution is 5.69. The molecule has 208 valence electrons. The number of likely N-dealkylation sites (tertiary alicyclic amines) is 2. The van der Waals surface area contributed by atoms with Crippen LogP contribution in [0.5, 0.6) is 0 Å². The number of methoxy groups -OCH3 is 1. The monoisotopic (exact) mass is 526 g/mol. The van der Waals surface area contributed by atoms with Crippen LogP contribution in [0.4, 0.5) is 4.79 Å². The Morgan fingerprint density at radius 3 is 2.42 bits per heavy atom. The summed E-state index contributed by atoms with van der Waals surface area (Å²) in [6.45, 7) is 11.0. The highest BCUT2D eigenvalue weighted by atomic mass is 16.6. The summed E-state index contributed by atoms with van der Waals surface area (Å²) in [5.41, 5.74) is -0.103. The first kappa shape index (κ1) is 27.4. The summed E-state index contributed by atoms with van der Waals surface area (Å²) in [5, 5.41) is 18.6. The van der Waals surface area contributed by atoms with Crippen molar-refractivity contribution in [3.8, 4) is 12.1 Å². The third-order valence-corrected chi connectivity index (χ3v) is 9.70. The lowest BCUT2D eigenvalue weighted by atomic mass is 9.68. The minimum atomic E-state index is -0.813. The zero-order valence-electron chi connectivity index (χ0n) is 23.3. The van der Waals surface area contributed by atoms with Crippen LogP contribution in [0.1, 0.15) is 59.3 Å². The van der Waals surface area contributed by atoms with Gasteiger partial charge in [-0.1, -0.05) is 11.6 Å². The molecule has 4 heterocycles. The number of epoxide rings is 2. The van der Waals surface area contributed by atoms with E-state index in [4.69, 9.17) is 18.9 Å². The van der Waals surface area contributed by atoms with Gasteiger partial charge in [-0.25, -0.2) is 4.79 Å². The third-order valence-electron chi connectivity index (χ3n) is 9.70. The second kappa shape index (κ2) is 10.4. The van der Waals surface area contributed by atoms with Crippen LogP contribution < -0.4 is 0 Å². The Labute approximate surface area is 226 Å². The Morgan fingerprint density at radius 2 is 1.84 bits per heavy atom. The number of carbonyl (C=O) groups is 1. The van der Waals surface area contributed by atoms with Gasteiger partial charge >= 0.3 is 6.09 Å². The van der Waals surface area contributed by atoms with Gasteiger partial charge in [-0.2, -0.15) is 10.5 Å². The molecule has 6 atom stereocenters. The highest BCUT2D eigenvalue weighted by Gasteiger charge is 2.72. The normalized spacial score (nSPS) is 38.0. The predicted molar refractivity (Wildman–Crippen MR) is 139 cm³/mol. The molecule has 9 nitrogen and oxygen atoms in total. The number of hydrogen-bond acceptors (Lipinski definition) is 8. The topological polar surface area (TPSA) is 115 Å². The maximum atomic E-state index is 13.0. The number of carbonyl (C=O) groups excluding carboxylic acids is 1. The molecule has 0 bridgehead atoms. The van der Waals surface area contributed by atoms with Crippen molar-refractivity contribution in [3.05, 3.63) is 11.6 Å². The highest BCUT2D eigenvalue weighted by Crippen LogP contribution is 2.59. The van der Waals surface area contributed by atoms with Crippen LogP contribution in [0.2, 0.25) is 0 Å². The number of piperidine rings is 1. The van der Waals surface area contributed by atoms with Crippen molar-refractivity contribution in [2.45, 2.75) is 88.8 Å². The van der Waals surface area contributed by atoms with Crippen molar-refractivity contribution in [1.29, 1.82) is 10.5 Å². The predicted octanol–water partition coefficient (Wildman–Crippen LogP) is 3.65. The Hall–Kier alpha value is -2.17. The van der Waals surface area contributed by atoms with Crippen molar-refractivity contribution < 1.29 is 23.7 Å². The van der Waals surface area contributed by atoms with E-state index in [9.17, 15) is 15.3 Å². The lowest BCUT2D eigenvalue weighted by molar-refractivity contribution is -0.124. The van der Waals surface area contributed by atoms with E-state index in [-0.39, 0.29) is 41.5 Å². The van der Waals surface area contributed by atoms with E-state index in [1.165, 1.54) is 5.57 Å². The molecule has 0 aromatic carbocycles. The molecule has 38 heavy (non-hydrogen) atoms. The minimum absolute atomic E-state index is 0.0246. The second-order valence-corrected chi connectivity index (χ2v) is 12.5. The molecule has 5 aliphatic rings. The molecule has 1 aliphatic carbocycles. The molecular formula is C29H42N4O5. The number of hydrogen-bond donors (Lipinski definition) is 0. The lowest BCUT2D eigenvalue weighted by Crippen LogP contribution is -2.57. The zero-order valence-corrected chi connectivity index (χ0v) is 23.3. The van der Waals surface area contributed by atoms with Crippen LogP contribution in [0.15, 0.2) is 11.6 Å². The van der Waals surface area contributed by atoms with Crippen LogP contribution in [0.3, 0.4) is 0 Å². The molecule has 0 aromatic heterocycles. The van der Waals surface area contributed by atoms with Gasteiger partial charge in [0.2, 0.25) is 0 Å². The molecule has 1 spiro atoms. The summed E-state index contributed by atoms with van der Waals surface area (Å²) in [7, 11) is 1.70. The molecule has 4 aliphatic heterocycles. The first-order chi connectivity index (χ1) is 18.2. The zero-order chi connectivity index (χ0) is 27.1. The lowest BCUT2D eigenvalue weighted by Gasteiger charge is -2.45. The van der Waals surface area contributed by atoms with E-state index in [0.29, 0.717) is 38.5 Å². The van der Waals surface area contributed by atoms with Gasteiger partial charge in [-0.3, -0.25) is 0 Å². The third kappa shape index (κ3) is 5.19. The molecular weight excluding hydrogens is 484 g/mol. The number of amides is 1. The summed E-state index contributed by atoms with van der Waals surface area (Å²) in [5.74, 6) is 0.479. The fourth-order valence-corrected chi connectivity index (χ4v) is 6.95. The first-order valence-corrected chi connectivity index (χ1v) is 14.2. The van der Waals surface area contributed by atoms with Crippen molar-refractivity contribution >= 4 is 6.09 Å². The fraction of sp³-hybridized carbons (Fsp3) is 0.828. The average Bonchev–Trinajstić information content (AvgIpc) is 3.80. The average molecular weight is 527 g/mol. The van der Waals surface area contributed by atoms with Crippen LogP contribution >= 0.6 is 0 Å². The Bertz CT molecular complexity index is 995. The van der Waals surface area contributed by atoms with Gasteiger partial charge in [-0.05, 0) is 71.8 Å². The van der Waals surface area contributed by atoms with Gasteiger partial charge in [0, 0.05) is 33.3 Å². The summed E-state index contributed by atoms with van der Waals surface area (Å²) >= 11 is 0. The van der Waals surface area contributed by atoms with Crippen LogP contribution in [0, 0.1) is 39.9 Å². The van der Waals surface area contributed by atoms with E-state index < -0.39 is 5.41 Å². The minimum Gasteiger partial charge on any atom is -0.443 e. The number of rotatable bonds is 8. The van der Waals surface area contributed by atoms with E-state index >= 15 is 0 Å². The second-order valence-electron chi connectivity index (χ2n) is 12.5. The maximum Gasteiger partial charge on any atom is 0.410 e. The molecule has 5 fully saturated rings. The largest absolute Gasteiger partial charge is 0.443 e. The van der Waals surface area contributed by atoms with E-state index in [2.05, 4.69) is 43.9 Å². The number of allylic oxidation sites excluding steroid dienone is 1. The van der Waals surface area contributed by atoms with Crippen molar-refractivity contribution in [3.63, 3.8) is 0 Å². The van der Waals surface area contributed by atoms with Gasteiger partial charge in [0.15, 0.2) is 0 Å². The number of nitriles is 2. The molecule has 0 unspecified atom stereocenters. The smallest absolute Gasteiger partial charge is 0.410 e. The summed E-state index contributed by atoms with van der Waals surface area (Å²) in [4.78, 5) is 17.2. The van der Waals surface area contributed by atoms with Gasteiger partial charge < -0.3 is 28.7 Å². The molecule has 9 heteroatoms. The molecule has 0 N–H and O–H groups in total. The van der Waals surface area contributed by atoms with E-state index in [0.717, 1.165) is 45.3 Å². The van der Waals surface area contributed by atoms with Gasteiger partial charge in [0.25, 0.3) is 0 Å². The number of ether oxygens (including phenoxy) is 4. The van der Waals surface area contributed by atoms with Crippen molar-refractivity contribution in [1.82, 2.24) is 9.80 Å². The molecule has 1 amide bonds. The van der Waals surface area contributed by atoms with Crippen molar-refractivity contribution in [2.24, 2.45) is 17.3 Å². The fourth-order valence-electron chi connectivity index (χ4n) is 6.95. The van der Waals surface area contributed by atoms with Crippen LogP contribution in [-0.4, -0.2) is 91.8 Å². The molecule has 0 aromatic rings. The molecule has 1 saturated carbocycles. The van der Waals surface area contributed by atoms with Gasteiger partial charge in [0.05, 0.1) is 30.8 Å². The molecule has 5 rings (SSSR count). The number of nitrogens with zero attached hydrogens (tertiary/aromatic N) is 4. The maximum absolute atomic E-state index is 13.0. The Morgan fingerprint density at radius 1 is 1.16 bits per heavy atom. The Balaban J connectivity index is 1.10. The molecule has 4 saturated heterocycles. The quantitative estimate of drug-likeness (QED) is 0.348. The summed E-state index contributed by atoms with van der Waals surface area (Å²) < 4.78 is 24.3. The standard InChI is InChI=1S/C29H42N4O5/c1-20(2)5-6-23-27(3,38-23)25-24(35-4)22(7-9-29(25)19-36-29)37-26(34)33-15-21(16-33)8-12-32-13-10-28(17-30,18-31)11-14-32/h5,21-25H,6-16,19H2,1-4H3/t22-,23-,24-,25-,27+,29+/m1/s1. The van der Waals surface area contributed by atoms with Crippen molar-refractivity contribution in [2.75, 3.05) is 46.4 Å². The SMILES string of the molecule is CO[C@@H]1[C@H](OC(=O)N2CC(CCN3CCC(C#N)(C#N)CC3)C2)CC[C@]2(CO2)[C@H]1[C@@]1(C)O[C@@H]1CC=C(C)C. The first-order valence-electron chi connectivity index (χ1n) is 14.2. The Kier molecular flexibility index (Phi) is 7.52.